The number of H-pyrrole nitrogens is 1. The summed E-state index contributed by atoms with van der Waals surface area (Å²) in [6.45, 7) is 4.31. The molecule has 0 amide bonds. The van der Waals surface area contributed by atoms with Crippen LogP contribution in [0.15, 0.2) is 35.5 Å². The number of anilines is 1. The summed E-state index contributed by atoms with van der Waals surface area (Å²) in [6.07, 6.45) is 4.77. The number of benzene rings is 1. The molecule has 0 atom stereocenters. The smallest absolute Gasteiger partial charge is 0.175 e. The second-order valence-electron chi connectivity index (χ2n) is 5.68. The highest BCUT2D eigenvalue weighted by atomic mass is 35.5. The first-order valence-corrected chi connectivity index (χ1v) is 9.65. The van der Waals surface area contributed by atoms with Crippen molar-refractivity contribution >= 4 is 27.1 Å². The van der Waals surface area contributed by atoms with E-state index >= 15 is 0 Å². The normalized spacial score (nSPS) is 16.7. The first kappa shape index (κ1) is 16.3. The van der Waals surface area contributed by atoms with Gasteiger partial charge in [-0.05, 0) is 18.2 Å². The van der Waals surface area contributed by atoms with Gasteiger partial charge >= 0.3 is 0 Å². The summed E-state index contributed by atoms with van der Waals surface area (Å²) in [5.74, 6) is 0.967. The van der Waals surface area contributed by atoms with Crippen molar-refractivity contribution in [1.29, 1.82) is 0 Å². The van der Waals surface area contributed by atoms with Crippen LogP contribution in [0.25, 0.3) is 0 Å². The number of piperazine rings is 1. The van der Waals surface area contributed by atoms with Gasteiger partial charge in [0.2, 0.25) is 0 Å². The van der Waals surface area contributed by atoms with Crippen LogP contribution in [0, 0.1) is 0 Å². The average Bonchev–Trinajstić information content (AvgIpc) is 3.00. The Morgan fingerprint density at radius 3 is 2.57 bits per heavy atom. The molecule has 6 nitrogen and oxygen atoms in total. The van der Waals surface area contributed by atoms with E-state index in [1.54, 1.807) is 18.3 Å². The monoisotopic (exact) mass is 354 g/mol. The molecule has 0 spiro atoms. The number of rotatable bonds is 4. The fourth-order valence-electron chi connectivity index (χ4n) is 2.72. The molecule has 1 N–H and O–H groups in total. The fourth-order valence-corrected chi connectivity index (χ4v) is 3.73. The van der Waals surface area contributed by atoms with Crippen LogP contribution in [0.3, 0.4) is 0 Å². The number of imidazole rings is 1. The van der Waals surface area contributed by atoms with Crippen LogP contribution in [0.4, 0.5) is 5.69 Å². The van der Waals surface area contributed by atoms with E-state index < -0.39 is 9.84 Å². The molecule has 0 aliphatic carbocycles. The van der Waals surface area contributed by atoms with Gasteiger partial charge in [-0.3, -0.25) is 4.90 Å². The van der Waals surface area contributed by atoms with Crippen LogP contribution in [0.1, 0.15) is 5.82 Å². The quantitative estimate of drug-likeness (QED) is 0.906. The number of hydrogen-bond acceptors (Lipinski definition) is 5. The summed E-state index contributed by atoms with van der Waals surface area (Å²) in [6, 6.07) is 4.94. The molecule has 0 unspecified atom stereocenters. The zero-order valence-electron chi connectivity index (χ0n) is 12.9. The number of nitrogens with one attached hydrogen (secondary N) is 1. The Kier molecular flexibility index (Phi) is 4.61. The van der Waals surface area contributed by atoms with E-state index in [-0.39, 0.29) is 4.90 Å². The van der Waals surface area contributed by atoms with E-state index in [1.165, 1.54) is 12.3 Å². The molecule has 1 fully saturated rings. The fraction of sp³-hybridized carbons (Fsp3) is 0.400. The lowest BCUT2D eigenvalue weighted by atomic mass is 10.2. The molecule has 1 aromatic heterocycles. The molecule has 0 saturated carbocycles. The second kappa shape index (κ2) is 6.51. The summed E-state index contributed by atoms with van der Waals surface area (Å²) in [4.78, 5) is 12.1. The number of hydrogen-bond donors (Lipinski definition) is 1. The van der Waals surface area contributed by atoms with Gasteiger partial charge in [0.1, 0.15) is 5.82 Å². The Bertz CT molecular complexity index is 769. The molecule has 23 heavy (non-hydrogen) atoms. The number of halogens is 1. The molecule has 0 bridgehead atoms. The van der Waals surface area contributed by atoms with Crippen molar-refractivity contribution in [3.05, 3.63) is 41.4 Å². The summed E-state index contributed by atoms with van der Waals surface area (Å²) >= 11 is 6.29. The van der Waals surface area contributed by atoms with Gasteiger partial charge in [-0.25, -0.2) is 13.4 Å². The predicted octanol–water partition coefficient (Wildman–Crippen LogP) is 1.79. The average molecular weight is 355 g/mol. The molecule has 2 heterocycles. The molecule has 0 radical (unpaired) electrons. The van der Waals surface area contributed by atoms with E-state index in [1.807, 2.05) is 6.20 Å². The molecular formula is C15H19ClN4O2S. The SMILES string of the molecule is CS(=O)(=O)c1ccc(N2CCN(Cc3ncc[nH]3)CC2)c(Cl)c1. The molecule has 1 aliphatic rings. The highest BCUT2D eigenvalue weighted by molar-refractivity contribution is 7.90. The first-order valence-electron chi connectivity index (χ1n) is 7.38. The van der Waals surface area contributed by atoms with Crippen molar-refractivity contribution in [3.8, 4) is 0 Å². The standard InChI is InChI=1S/C15H19ClN4O2S/c1-23(21,22)12-2-3-14(13(16)10-12)20-8-6-19(7-9-20)11-15-17-4-5-18-15/h2-5,10H,6-9,11H2,1H3,(H,17,18). The van der Waals surface area contributed by atoms with Gasteiger partial charge in [-0.1, -0.05) is 11.6 Å². The van der Waals surface area contributed by atoms with Crippen molar-refractivity contribution in [3.63, 3.8) is 0 Å². The molecule has 3 rings (SSSR count). The van der Waals surface area contributed by atoms with Crippen LogP contribution < -0.4 is 4.90 Å². The Labute approximate surface area is 141 Å². The van der Waals surface area contributed by atoms with Crippen molar-refractivity contribution in [1.82, 2.24) is 14.9 Å². The van der Waals surface area contributed by atoms with Gasteiger partial charge in [-0.15, -0.1) is 0 Å². The van der Waals surface area contributed by atoms with E-state index in [9.17, 15) is 8.42 Å². The molecule has 1 aliphatic heterocycles. The van der Waals surface area contributed by atoms with Gasteiger partial charge in [0.05, 0.1) is 22.2 Å². The lowest BCUT2D eigenvalue weighted by Crippen LogP contribution is -2.46. The second-order valence-corrected chi connectivity index (χ2v) is 8.11. The maximum atomic E-state index is 11.6. The third-order valence-corrected chi connectivity index (χ3v) is 5.40. The predicted molar refractivity (Wildman–Crippen MR) is 90.6 cm³/mol. The molecule has 8 heteroatoms. The van der Waals surface area contributed by atoms with Crippen molar-refractivity contribution in [2.75, 3.05) is 37.3 Å². The first-order chi connectivity index (χ1) is 10.9. The highest BCUT2D eigenvalue weighted by Gasteiger charge is 2.20. The molecule has 2 aromatic rings. The number of aromatic nitrogens is 2. The van der Waals surface area contributed by atoms with Crippen LogP contribution in [-0.2, 0) is 16.4 Å². The Morgan fingerprint density at radius 1 is 1.26 bits per heavy atom. The summed E-state index contributed by atoms with van der Waals surface area (Å²) in [7, 11) is -3.23. The van der Waals surface area contributed by atoms with Crippen LogP contribution in [0.5, 0.6) is 0 Å². The van der Waals surface area contributed by atoms with Gasteiger partial charge in [0.15, 0.2) is 9.84 Å². The van der Waals surface area contributed by atoms with Crippen LogP contribution in [-0.4, -0.2) is 55.7 Å². The van der Waals surface area contributed by atoms with Crippen molar-refractivity contribution in [2.24, 2.45) is 0 Å². The van der Waals surface area contributed by atoms with Gasteiger partial charge < -0.3 is 9.88 Å². The Morgan fingerprint density at radius 2 is 2.00 bits per heavy atom. The van der Waals surface area contributed by atoms with Gasteiger partial charge in [0, 0.05) is 44.8 Å². The lowest BCUT2D eigenvalue weighted by Gasteiger charge is -2.36. The Balaban J connectivity index is 1.65. The highest BCUT2D eigenvalue weighted by Crippen LogP contribution is 2.29. The summed E-state index contributed by atoms with van der Waals surface area (Å²) in [5, 5.41) is 0.479. The zero-order valence-corrected chi connectivity index (χ0v) is 14.4. The number of nitrogens with zero attached hydrogens (tertiary/aromatic N) is 3. The zero-order chi connectivity index (χ0) is 16.4. The van der Waals surface area contributed by atoms with Crippen LogP contribution >= 0.6 is 11.6 Å². The maximum absolute atomic E-state index is 11.6. The largest absolute Gasteiger partial charge is 0.368 e. The minimum atomic E-state index is -3.23. The maximum Gasteiger partial charge on any atom is 0.175 e. The number of aromatic amines is 1. The Hall–Kier alpha value is -1.57. The van der Waals surface area contributed by atoms with E-state index in [0.717, 1.165) is 44.2 Å². The number of sulfone groups is 1. The minimum absolute atomic E-state index is 0.253. The van der Waals surface area contributed by atoms with Crippen molar-refractivity contribution in [2.45, 2.75) is 11.4 Å². The summed E-state index contributed by atoms with van der Waals surface area (Å²) < 4.78 is 23.2. The van der Waals surface area contributed by atoms with Gasteiger partial charge in [-0.2, -0.15) is 0 Å². The third kappa shape index (κ3) is 3.85. The molecule has 124 valence electrons. The minimum Gasteiger partial charge on any atom is -0.368 e. The van der Waals surface area contributed by atoms with E-state index in [2.05, 4.69) is 19.8 Å². The molecule has 1 saturated heterocycles. The van der Waals surface area contributed by atoms with Crippen LogP contribution in [0.2, 0.25) is 5.02 Å². The molecular weight excluding hydrogens is 336 g/mol. The molecule has 1 aromatic carbocycles. The van der Waals surface area contributed by atoms with Gasteiger partial charge in [0.25, 0.3) is 0 Å². The van der Waals surface area contributed by atoms with Crippen molar-refractivity contribution < 1.29 is 8.42 Å². The topological polar surface area (TPSA) is 69.3 Å². The summed E-state index contributed by atoms with van der Waals surface area (Å²) in [5.41, 5.74) is 0.886. The van der Waals surface area contributed by atoms with E-state index in [4.69, 9.17) is 11.6 Å². The van der Waals surface area contributed by atoms with E-state index in [0.29, 0.717) is 5.02 Å². The third-order valence-electron chi connectivity index (χ3n) is 3.99. The lowest BCUT2D eigenvalue weighted by molar-refractivity contribution is 0.244.